The molecule has 2 aromatic carbocycles. The highest BCUT2D eigenvalue weighted by Gasteiger charge is 2.23. The molecule has 2 rings (SSSR count). The number of carbonyl (C=O) groups excluding carboxylic acids is 2. The van der Waals surface area contributed by atoms with Crippen LogP contribution in [-0.4, -0.2) is 17.5 Å². The molecule has 1 atom stereocenters. The monoisotopic (exact) mass is 359 g/mol. The molecule has 0 aliphatic rings. The van der Waals surface area contributed by atoms with Crippen molar-refractivity contribution >= 4 is 23.5 Å². The van der Waals surface area contributed by atoms with Gasteiger partial charge in [0, 0.05) is 17.0 Å². The summed E-state index contributed by atoms with van der Waals surface area (Å²) in [7, 11) is 0. The quantitative estimate of drug-likeness (QED) is 0.748. The summed E-state index contributed by atoms with van der Waals surface area (Å²) in [5.74, 6) is -0.0587. The SMILES string of the molecule is CC(C)(C)OC(=O)N[C@H](CC(=O)c1ccccc1)c1ccc(Cl)cc1. The molecule has 0 fully saturated rings. The van der Waals surface area contributed by atoms with E-state index in [2.05, 4.69) is 5.32 Å². The first kappa shape index (κ1) is 19.0. The van der Waals surface area contributed by atoms with Crippen LogP contribution in [0.3, 0.4) is 0 Å². The lowest BCUT2D eigenvalue weighted by molar-refractivity contribution is 0.0501. The molecule has 4 nitrogen and oxygen atoms in total. The maximum absolute atomic E-state index is 12.5. The second-order valence-electron chi connectivity index (χ2n) is 6.74. The predicted molar refractivity (Wildman–Crippen MR) is 99.0 cm³/mol. The molecule has 132 valence electrons. The van der Waals surface area contributed by atoms with Crippen molar-refractivity contribution in [2.24, 2.45) is 0 Å². The standard InChI is InChI=1S/C20H22ClNO3/c1-20(2,3)25-19(24)22-17(14-9-11-16(21)12-10-14)13-18(23)15-7-5-4-6-8-15/h4-12,17H,13H2,1-3H3,(H,22,24)/t17-/m1/s1. The third kappa shape index (κ3) is 6.24. The van der Waals surface area contributed by atoms with E-state index in [1.807, 2.05) is 18.2 Å². The Kier molecular flexibility index (Phi) is 6.21. The zero-order valence-electron chi connectivity index (χ0n) is 14.6. The number of rotatable bonds is 5. The molecule has 0 aliphatic heterocycles. The van der Waals surface area contributed by atoms with Gasteiger partial charge in [-0.1, -0.05) is 54.1 Å². The van der Waals surface area contributed by atoms with E-state index in [0.29, 0.717) is 10.6 Å². The van der Waals surface area contributed by atoms with Crippen LogP contribution in [0.2, 0.25) is 5.02 Å². The maximum Gasteiger partial charge on any atom is 0.408 e. The fourth-order valence-electron chi connectivity index (χ4n) is 2.32. The molecule has 1 amide bonds. The first-order chi connectivity index (χ1) is 11.7. The molecule has 0 spiro atoms. The molecule has 0 radical (unpaired) electrons. The van der Waals surface area contributed by atoms with Crippen LogP contribution in [0.1, 0.15) is 49.2 Å². The van der Waals surface area contributed by atoms with Crippen molar-refractivity contribution in [1.82, 2.24) is 5.32 Å². The van der Waals surface area contributed by atoms with Gasteiger partial charge in [0.15, 0.2) is 5.78 Å². The highest BCUT2D eigenvalue weighted by atomic mass is 35.5. The van der Waals surface area contributed by atoms with Gasteiger partial charge in [0.2, 0.25) is 0 Å². The number of ether oxygens (including phenoxy) is 1. The molecule has 0 saturated carbocycles. The number of halogens is 1. The van der Waals surface area contributed by atoms with Crippen LogP contribution < -0.4 is 5.32 Å². The Morgan fingerprint density at radius 2 is 1.64 bits per heavy atom. The minimum atomic E-state index is -0.613. The van der Waals surface area contributed by atoms with Gasteiger partial charge in [-0.3, -0.25) is 4.79 Å². The molecular formula is C20H22ClNO3. The number of carbonyl (C=O) groups is 2. The van der Waals surface area contributed by atoms with Gasteiger partial charge in [-0.25, -0.2) is 4.79 Å². The van der Waals surface area contributed by atoms with Gasteiger partial charge in [-0.15, -0.1) is 0 Å². The van der Waals surface area contributed by atoms with E-state index >= 15 is 0 Å². The summed E-state index contributed by atoms with van der Waals surface area (Å²) in [5, 5.41) is 3.38. The van der Waals surface area contributed by atoms with Crippen molar-refractivity contribution < 1.29 is 14.3 Å². The van der Waals surface area contributed by atoms with Gasteiger partial charge in [0.05, 0.1) is 6.04 Å². The van der Waals surface area contributed by atoms with Crippen molar-refractivity contribution in [2.75, 3.05) is 0 Å². The highest BCUT2D eigenvalue weighted by molar-refractivity contribution is 6.30. The number of hydrogen-bond donors (Lipinski definition) is 1. The molecule has 25 heavy (non-hydrogen) atoms. The lowest BCUT2D eigenvalue weighted by Gasteiger charge is -2.23. The van der Waals surface area contributed by atoms with Crippen molar-refractivity contribution in [3.63, 3.8) is 0 Å². The number of Topliss-reactive ketones (excluding diaryl/α,β-unsaturated/α-hetero) is 1. The summed E-state index contributed by atoms with van der Waals surface area (Å²) < 4.78 is 5.31. The average molecular weight is 360 g/mol. The number of hydrogen-bond acceptors (Lipinski definition) is 3. The van der Waals surface area contributed by atoms with E-state index in [4.69, 9.17) is 16.3 Å². The fourth-order valence-corrected chi connectivity index (χ4v) is 2.45. The first-order valence-corrected chi connectivity index (χ1v) is 8.45. The Bertz CT molecular complexity index is 721. The summed E-state index contributed by atoms with van der Waals surface area (Å²) >= 11 is 5.93. The Balaban J connectivity index is 2.18. The molecule has 0 aromatic heterocycles. The lowest BCUT2D eigenvalue weighted by atomic mass is 9.98. The van der Waals surface area contributed by atoms with Crippen LogP contribution >= 0.6 is 11.6 Å². The number of nitrogens with one attached hydrogen (secondary N) is 1. The summed E-state index contributed by atoms with van der Waals surface area (Å²) in [5.41, 5.74) is 0.782. The van der Waals surface area contributed by atoms with Crippen LogP contribution in [-0.2, 0) is 4.74 Å². The first-order valence-electron chi connectivity index (χ1n) is 8.08. The van der Waals surface area contributed by atoms with E-state index < -0.39 is 17.7 Å². The third-order valence-corrected chi connectivity index (χ3v) is 3.70. The Hall–Kier alpha value is -2.33. The fraction of sp³-hybridized carbons (Fsp3) is 0.300. The van der Waals surface area contributed by atoms with Gasteiger partial charge in [0.1, 0.15) is 5.60 Å². The zero-order valence-corrected chi connectivity index (χ0v) is 15.3. The minimum Gasteiger partial charge on any atom is -0.444 e. The number of benzene rings is 2. The van der Waals surface area contributed by atoms with Crippen LogP contribution in [0.4, 0.5) is 4.79 Å². The van der Waals surface area contributed by atoms with Gasteiger partial charge < -0.3 is 10.1 Å². The Labute approximate surface area is 153 Å². The average Bonchev–Trinajstić information content (AvgIpc) is 2.54. The summed E-state index contributed by atoms with van der Waals surface area (Å²) in [6, 6.07) is 15.5. The maximum atomic E-state index is 12.5. The van der Waals surface area contributed by atoms with Gasteiger partial charge in [-0.2, -0.15) is 0 Å². The van der Waals surface area contributed by atoms with E-state index in [-0.39, 0.29) is 12.2 Å². The molecule has 2 aromatic rings. The summed E-state index contributed by atoms with van der Waals surface area (Å²) in [6.45, 7) is 5.37. The third-order valence-electron chi connectivity index (χ3n) is 3.45. The second-order valence-corrected chi connectivity index (χ2v) is 7.18. The highest BCUT2D eigenvalue weighted by Crippen LogP contribution is 2.22. The van der Waals surface area contributed by atoms with Gasteiger partial charge in [-0.05, 0) is 38.5 Å². The lowest BCUT2D eigenvalue weighted by Crippen LogP contribution is -2.35. The van der Waals surface area contributed by atoms with E-state index in [1.54, 1.807) is 57.2 Å². The molecule has 0 saturated heterocycles. The van der Waals surface area contributed by atoms with Crippen molar-refractivity contribution in [3.05, 3.63) is 70.7 Å². The normalized spacial score (nSPS) is 12.3. The number of ketones is 1. The van der Waals surface area contributed by atoms with E-state index in [0.717, 1.165) is 5.56 Å². The summed E-state index contributed by atoms with van der Waals surface area (Å²) in [4.78, 5) is 24.7. The van der Waals surface area contributed by atoms with E-state index in [9.17, 15) is 9.59 Å². The second kappa shape index (κ2) is 8.17. The van der Waals surface area contributed by atoms with Crippen LogP contribution in [0, 0.1) is 0 Å². The van der Waals surface area contributed by atoms with Crippen LogP contribution in [0.5, 0.6) is 0 Å². The van der Waals surface area contributed by atoms with Gasteiger partial charge >= 0.3 is 6.09 Å². The summed E-state index contributed by atoms with van der Waals surface area (Å²) in [6.07, 6.45) is -0.432. The molecule has 5 heteroatoms. The van der Waals surface area contributed by atoms with Crippen molar-refractivity contribution in [1.29, 1.82) is 0 Å². The smallest absolute Gasteiger partial charge is 0.408 e. The molecule has 0 bridgehead atoms. The largest absolute Gasteiger partial charge is 0.444 e. The van der Waals surface area contributed by atoms with Crippen molar-refractivity contribution in [2.45, 2.75) is 38.8 Å². The van der Waals surface area contributed by atoms with Crippen molar-refractivity contribution in [3.8, 4) is 0 Å². The molecule has 0 heterocycles. The number of alkyl carbamates (subject to hydrolysis) is 1. The molecular weight excluding hydrogens is 338 g/mol. The minimum absolute atomic E-state index is 0.0587. The molecule has 1 N–H and O–H groups in total. The molecule has 0 unspecified atom stereocenters. The van der Waals surface area contributed by atoms with Gasteiger partial charge in [0.25, 0.3) is 0 Å². The Morgan fingerprint density at radius 3 is 2.20 bits per heavy atom. The predicted octanol–water partition coefficient (Wildman–Crippen LogP) is 5.18. The topological polar surface area (TPSA) is 55.4 Å². The van der Waals surface area contributed by atoms with Crippen LogP contribution in [0.25, 0.3) is 0 Å². The van der Waals surface area contributed by atoms with Crippen LogP contribution in [0.15, 0.2) is 54.6 Å². The Morgan fingerprint density at radius 1 is 1.04 bits per heavy atom. The zero-order chi connectivity index (χ0) is 18.4. The number of amides is 1. The van der Waals surface area contributed by atoms with E-state index in [1.165, 1.54) is 0 Å². The molecule has 0 aliphatic carbocycles.